The van der Waals surface area contributed by atoms with E-state index in [9.17, 15) is 28.6 Å². The van der Waals surface area contributed by atoms with Gasteiger partial charge in [0.15, 0.2) is 17.4 Å². The van der Waals surface area contributed by atoms with Crippen LogP contribution < -0.4 is 0 Å². The van der Waals surface area contributed by atoms with E-state index in [0.29, 0.717) is 12.8 Å². The SMILES string of the molecule is CCCC[C@@](C)(C(=O)O)c1c(C)n(C(=O)c2cccc(F)c2)c2cc(F)c(O)c(F)c12. The molecule has 1 atom stereocenters. The molecule has 0 amide bonds. The van der Waals surface area contributed by atoms with Gasteiger partial charge >= 0.3 is 5.97 Å². The van der Waals surface area contributed by atoms with Crippen molar-refractivity contribution in [2.45, 2.75) is 45.4 Å². The molecule has 0 saturated heterocycles. The lowest BCUT2D eigenvalue weighted by Crippen LogP contribution is -2.33. The van der Waals surface area contributed by atoms with Gasteiger partial charge < -0.3 is 10.2 Å². The van der Waals surface area contributed by atoms with Crippen LogP contribution in [-0.4, -0.2) is 26.7 Å². The largest absolute Gasteiger partial charge is 0.503 e. The van der Waals surface area contributed by atoms with Gasteiger partial charge in [-0.25, -0.2) is 13.2 Å². The van der Waals surface area contributed by atoms with Gasteiger partial charge in [0.25, 0.3) is 5.91 Å². The van der Waals surface area contributed by atoms with E-state index < -0.39 is 40.5 Å². The van der Waals surface area contributed by atoms with Crippen LogP contribution in [0.4, 0.5) is 13.2 Å². The number of phenols is 1. The van der Waals surface area contributed by atoms with Crippen LogP contribution in [0.3, 0.4) is 0 Å². The molecule has 5 nitrogen and oxygen atoms in total. The van der Waals surface area contributed by atoms with Crippen LogP contribution in [0.5, 0.6) is 5.75 Å². The highest BCUT2D eigenvalue weighted by atomic mass is 19.1. The molecule has 0 saturated carbocycles. The molecule has 0 fully saturated rings. The van der Waals surface area contributed by atoms with Gasteiger partial charge in [0.1, 0.15) is 5.82 Å². The smallest absolute Gasteiger partial charge is 0.313 e. The summed E-state index contributed by atoms with van der Waals surface area (Å²) < 4.78 is 44.0. The average molecular weight is 433 g/mol. The van der Waals surface area contributed by atoms with E-state index in [2.05, 4.69) is 0 Å². The number of carboxylic acid groups (broad SMARTS) is 1. The van der Waals surface area contributed by atoms with Crippen molar-refractivity contribution in [2.75, 3.05) is 0 Å². The Morgan fingerprint density at radius 3 is 2.42 bits per heavy atom. The van der Waals surface area contributed by atoms with Crippen molar-refractivity contribution < 1.29 is 33.0 Å². The van der Waals surface area contributed by atoms with Crippen molar-refractivity contribution in [1.29, 1.82) is 0 Å². The summed E-state index contributed by atoms with van der Waals surface area (Å²) in [5.41, 5.74) is -1.88. The molecule has 0 aliphatic heterocycles. The third-order valence-electron chi connectivity index (χ3n) is 5.69. The van der Waals surface area contributed by atoms with Crippen LogP contribution in [0, 0.1) is 24.4 Å². The first kappa shape index (κ1) is 22.4. The number of carbonyl (C=O) groups is 2. The Labute approximate surface area is 176 Å². The molecule has 8 heteroatoms. The predicted molar refractivity (Wildman–Crippen MR) is 109 cm³/mol. The Balaban J connectivity index is 2.44. The summed E-state index contributed by atoms with van der Waals surface area (Å²) in [5.74, 6) is -6.60. The molecular formula is C23H22F3NO4. The first-order chi connectivity index (χ1) is 14.5. The molecule has 0 radical (unpaired) electrons. The van der Waals surface area contributed by atoms with Crippen LogP contribution in [0.25, 0.3) is 10.9 Å². The Bertz CT molecular complexity index is 1200. The van der Waals surface area contributed by atoms with E-state index in [1.807, 2.05) is 6.92 Å². The van der Waals surface area contributed by atoms with E-state index in [-0.39, 0.29) is 34.1 Å². The van der Waals surface area contributed by atoms with Gasteiger partial charge in [-0.3, -0.25) is 14.2 Å². The summed E-state index contributed by atoms with van der Waals surface area (Å²) in [7, 11) is 0. The lowest BCUT2D eigenvalue weighted by Gasteiger charge is -2.26. The lowest BCUT2D eigenvalue weighted by atomic mass is 9.76. The highest BCUT2D eigenvalue weighted by molar-refractivity contribution is 6.06. The number of benzene rings is 2. The molecule has 1 aromatic heterocycles. The Morgan fingerprint density at radius 2 is 1.84 bits per heavy atom. The summed E-state index contributed by atoms with van der Waals surface area (Å²) in [6.45, 7) is 4.70. The Morgan fingerprint density at radius 1 is 1.16 bits per heavy atom. The van der Waals surface area contributed by atoms with Crippen molar-refractivity contribution in [3.05, 3.63) is 64.6 Å². The molecule has 1 heterocycles. The molecule has 0 unspecified atom stereocenters. The summed E-state index contributed by atoms with van der Waals surface area (Å²) in [6, 6.07) is 5.57. The second kappa shape index (κ2) is 8.09. The van der Waals surface area contributed by atoms with E-state index in [0.717, 1.165) is 22.8 Å². The van der Waals surface area contributed by atoms with Gasteiger partial charge in [0.05, 0.1) is 10.9 Å². The maximum absolute atomic E-state index is 15.1. The minimum Gasteiger partial charge on any atom is -0.503 e. The predicted octanol–water partition coefficient (Wildman–Crippen LogP) is 5.29. The molecule has 2 N–H and O–H groups in total. The van der Waals surface area contributed by atoms with Gasteiger partial charge in [0, 0.05) is 28.3 Å². The summed E-state index contributed by atoms with van der Waals surface area (Å²) in [4.78, 5) is 25.5. The van der Waals surface area contributed by atoms with E-state index >= 15 is 4.39 Å². The number of aliphatic carboxylic acids is 1. The third kappa shape index (κ3) is 3.56. The van der Waals surface area contributed by atoms with Gasteiger partial charge in [-0.1, -0.05) is 25.8 Å². The number of phenolic OH excluding ortho intramolecular Hbond substituents is 1. The average Bonchev–Trinajstić information content (AvgIpc) is 3.01. The van der Waals surface area contributed by atoms with Crippen molar-refractivity contribution >= 4 is 22.8 Å². The molecule has 3 rings (SSSR count). The fourth-order valence-corrected chi connectivity index (χ4v) is 4.04. The quantitative estimate of drug-likeness (QED) is 0.553. The normalized spacial score (nSPS) is 13.4. The number of aromatic nitrogens is 1. The highest BCUT2D eigenvalue weighted by Gasteiger charge is 2.41. The molecule has 31 heavy (non-hydrogen) atoms. The van der Waals surface area contributed by atoms with Gasteiger partial charge in [0.2, 0.25) is 0 Å². The van der Waals surface area contributed by atoms with Gasteiger partial charge in [-0.15, -0.1) is 0 Å². The first-order valence-corrected chi connectivity index (χ1v) is 9.80. The second-order valence-corrected chi connectivity index (χ2v) is 7.77. The molecule has 0 bridgehead atoms. The number of rotatable bonds is 6. The van der Waals surface area contributed by atoms with Gasteiger partial charge in [-0.05, 0) is 38.5 Å². The van der Waals surface area contributed by atoms with Crippen LogP contribution in [0.2, 0.25) is 0 Å². The zero-order valence-corrected chi connectivity index (χ0v) is 17.3. The second-order valence-electron chi connectivity index (χ2n) is 7.77. The number of fused-ring (bicyclic) bond motifs is 1. The minimum absolute atomic E-state index is 0.0268. The van der Waals surface area contributed by atoms with E-state index in [4.69, 9.17) is 0 Å². The molecule has 0 aliphatic carbocycles. The standard InChI is InChI=1S/C23H22F3NO4/c1-4-5-9-23(3,22(30)31)18-12(2)27(21(29)13-7-6-8-14(24)10-13)16-11-15(25)20(28)19(26)17(16)18/h6-8,10-11,28H,4-5,9H2,1-3H3,(H,30,31)/t23-/m1/s1. The van der Waals surface area contributed by atoms with E-state index in [1.165, 1.54) is 26.0 Å². The summed E-state index contributed by atoms with van der Waals surface area (Å²) in [6.07, 6.45) is 1.30. The van der Waals surface area contributed by atoms with E-state index in [1.54, 1.807) is 0 Å². The van der Waals surface area contributed by atoms with Crippen LogP contribution in [0.15, 0.2) is 30.3 Å². The Hall–Kier alpha value is -3.29. The highest BCUT2D eigenvalue weighted by Crippen LogP contribution is 2.43. The molecule has 3 aromatic rings. The number of unbranched alkanes of at least 4 members (excludes halogenated alkanes) is 1. The monoisotopic (exact) mass is 433 g/mol. The number of hydrogen-bond donors (Lipinski definition) is 2. The number of aromatic hydroxyl groups is 1. The number of carboxylic acids is 1. The van der Waals surface area contributed by atoms with Gasteiger partial charge in [-0.2, -0.15) is 0 Å². The first-order valence-electron chi connectivity index (χ1n) is 9.80. The Kier molecular flexibility index (Phi) is 5.85. The third-order valence-corrected chi connectivity index (χ3v) is 5.69. The van der Waals surface area contributed by atoms with Crippen LogP contribution in [0.1, 0.15) is 54.7 Å². The molecule has 164 valence electrons. The molecular weight excluding hydrogens is 411 g/mol. The van der Waals surface area contributed by atoms with Crippen LogP contribution >= 0.6 is 0 Å². The number of nitrogens with zero attached hydrogens (tertiary/aromatic N) is 1. The zero-order valence-electron chi connectivity index (χ0n) is 17.3. The molecule has 0 aliphatic rings. The molecule has 2 aromatic carbocycles. The summed E-state index contributed by atoms with van der Waals surface area (Å²) in [5, 5.41) is 19.5. The lowest BCUT2D eigenvalue weighted by molar-refractivity contribution is -0.143. The molecule has 0 spiro atoms. The van der Waals surface area contributed by atoms with Crippen molar-refractivity contribution in [3.63, 3.8) is 0 Å². The van der Waals surface area contributed by atoms with Crippen molar-refractivity contribution in [1.82, 2.24) is 4.57 Å². The number of halogens is 3. The van der Waals surface area contributed by atoms with Crippen molar-refractivity contribution in [2.24, 2.45) is 0 Å². The van der Waals surface area contributed by atoms with Crippen molar-refractivity contribution in [3.8, 4) is 5.75 Å². The summed E-state index contributed by atoms with van der Waals surface area (Å²) >= 11 is 0. The zero-order chi connectivity index (χ0) is 23.1. The maximum atomic E-state index is 15.1. The van der Waals surface area contributed by atoms with Crippen LogP contribution in [-0.2, 0) is 10.2 Å². The fraction of sp³-hybridized carbons (Fsp3) is 0.304. The maximum Gasteiger partial charge on any atom is 0.313 e. The minimum atomic E-state index is -1.61. The fourth-order valence-electron chi connectivity index (χ4n) is 4.04. The number of carbonyl (C=O) groups excluding carboxylic acids is 1. The topological polar surface area (TPSA) is 79.5 Å². The number of hydrogen-bond acceptors (Lipinski definition) is 3.